The second-order valence-corrected chi connectivity index (χ2v) is 4.41. The maximum absolute atomic E-state index is 2.46. The predicted octanol–water partition coefficient (Wildman–Crippen LogP) is 3.06. The van der Waals surface area contributed by atoms with Crippen LogP contribution in [0.15, 0.2) is 24.3 Å². The van der Waals surface area contributed by atoms with E-state index in [1.54, 1.807) is 0 Å². The van der Waals surface area contributed by atoms with E-state index in [-0.39, 0.29) is 0 Å². The summed E-state index contributed by atoms with van der Waals surface area (Å²) in [5.74, 6) is 0. The van der Waals surface area contributed by atoms with Crippen molar-refractivity contribution in [2.75, 3.05) is 0 Å². The normalized spacial score (nSPS) is 51.6. The summed E-state index contributed by atoms with van der Waals surface area (Å²) in [6.07, 6.45) is 16.7. The first-order valence-corrected chi connectivity index (χ1v) is 4.74. The van der Waals surface area contributed by atoms with Gasteiger partial charge >= 0.3 is 0 Å². The van der Waals surface area contributed by atoms with Crippen LogP contribution in [0.2, 0.25) is 0 Å². The highest BCUT2D eigenvalue weighted by Gasteiger charge is 2.64. The molecule has 0 unspecified atom stereocenters. The van der Waals surface area contributed by atoms with E-state index in [0.29, 0.717) is 10.8 Å². The van der Waals surface area contributed by atoms with E-state index in [1.165, 1.54) is 32.1 Å². The van der Waals surface area contributed by atoms with Crippen molar-refractivity contribution in [1.29, 1.82) is 0 Å². The molecule has 0 aromatic heterocycles. The zero-order chi connectivity index (χ0) is 7.36. The van der Waals surface area contributed by atoms with Gasteiger partial charge in [-0.2, -0.15) is 0 Å². The molecule has 0 heterocycles. The summed E-state index contributed by atoms with van der Waals surface area (Å²) in [6, 6.07) is 0. The molecule has 3 rings (SSSR count). The minimum atomic E-state index is 0.653. The third-order valence-corrected chi connectivity index (χ3v) is 3.93. The van der Waals surface area contributed by atoms with Crippen LogP contribution in [-0.2, 0) is 0 Å². The monoisotopic (exact) mass is 146 g/mol. The van der Waals surface area contributed by atoms with E-state index in [4.69, 9.17) is 0 Å². The van der Waals surface area contributed by atoms with Crippen LogP contribution in [0.25, 0.3) is 0 Å². The van der Waals surface area contributed by atoms with Gasteiger partial charge in [-0.25, -0.2) is 0 Å². The Labute approximate surface area is 68.0 Å². The molecule has 0 radical (unpaired) electrons. The van der Waals surface area contributed by atoms with E-state index in [0.717, 1.165) is 0 Å². The van der Waals surface area contributed by atoms with E-state index in [2.05, 4.69) is 24.3 Å². The molecule has 58 valence electrons. The molecular weight excluding hydrogens is 132 g/mol. The van der Waals surface area contributed by atoms with Crippen molar-refractivity contribution in [3.05, 3.63) is 24.3 Å². The van der Waals surface area contributed by atoms with Gasteiger partial charge in [0.1, 0.15) is 0 Å². The molecule has 0 aromatic rings. The highest BCUT2D eigenvalue weighted by molar-refractivity contribution is 5.37. The molecule has 0 amide bonds. The smallest absolute Gasteiger partial charge is 0.00152 e. The van der Waals surface area contributed by atoms with Gasteiger partial charge in [0.15, 0.2) is 0 Å². The predicted molar refractivity (Wildman–Crippen MR) is 46.2 cm³/mol. The molecule has 0 saturated heterocycles. The Morgan fingerprint density at radius 2 is 1.36 bits per heavy atom. The lowest BCUT2D eigenvalue weighted by molar-refractivity contribution is 0.335. The van der Waals surface area contributed by atoms with Gasteiger partial charge in [-0.3, -0.25) is 0 Å². The Kier molecular flexibility index (Phi) is 0.894. The van der Waals surface area contributed by atoms with Gasteiger partial charge in [0.2, 0.25) is 0 Å². The third kappa shape index (κ3) is 0.571. The molecule has 2 fully saturated rings. The van der Waals surface area contributed by atoms with Crippen molar-refractivity contribution in [3.63, 3.8) is 0 Å². The van der Waals surface area contributed by atoms with Crippen molar-refractivity contribution in [2.24, 2.45) is 10.8 Å². The van der Waals surface area contributed by atoms with Crippen LogP contribution in [0, 0.1) is 10.8 Å². The van der Waals surface area contributed by atoms with Crippen LogP contribution in [-0.4, -0.2) is 0 Å². The molecule has 0 aliphatic heterocycles. The van der Waals surface area contributed by atoms with Crippen LogP contribution in [0.5, 0.6) is 0 Å². The summed E-state index contributed by atoms with van der Waals surface area (Å²) in [6.45, 7) is 0. The van der Waals surface area contributed by atoms with Crippen LogP contribution in [0.4, 0.5) is 0 Å². The Morgan fingerprint density at radius 3 is 1.91 bits per heavy atom. The van der Waals surface area contributed by atoms with Gasteiger partial charge < -0.3 is 0 Å². The van der Waals surface area contributed by atoms with Gasteiger partial charge in [0.25, 0.3) is 0 Å². The molecule has 0 N–H and O–H groups in total. The SMILES string of the molecule is C1=C[C@@]23CCCC[C@]2(C=C1)C3. The number of rotatable bonds is 0. The first-order chi connectivity index (χ1) is 5.37. The molecule has 3 aliphatic carbocycles. The maximum Gasteiger partial charge on any atom is -0.00152 e. The molecule has 0 spiro atoms. The number of hydrogen-bond donors (Lipinski definition) is 0. The standard InChI is InChI=1S/C11H14/c1-2-6-11-8-4-3-7-10(11,5-1)9-11/h1-2,5-6H,3-4,7-9H2/t10-,11+. The molecule has 0 nitrogen and oxygen atoms in total. The average molecular weight is 146 g/mol. The first kappa shape index (κ1) is 6.05. The van der Waals surface area contributed by atoms with Crippen LogP contribution in [0.1, 0.15) is 32.1 Å². The zero-order valence-corrected chi connectivity index (χ0v) is 6.84. The number of hydrogen-bond acceptors (Lipinski definition) is 0. The van der Waals surface area contributed by atoms with E-state index >= 15 is 0 Å². The summed E-state index contributed by atoms with van der Waals surface area (Å²) in [5, 5.41) is 0. The van der Waals surface area contributed by atoms with Crippen molar-refractivity contribution in [1.82, 2.24) is 0 Å². The lowest BCUT2D eigenvalue weighted by Gasteiger charge is -2.27. The fraction of sp³-hybridized carbons (Fsp3) is 0.636. The first-order valence-electron chi connectivity index (χ1n) is 4.74. The molecule has 2 saturated carbocycles. The summed E-state index contributed by atoms with van der Waals surface area (Å²) in [7, 11) is 0. The lowest BCUT2D eigenvalue weighted by Crippen LogP contribution is -2.16. The second-order valence-electron chi connectivity index (χ2n) is 4.41. The molecule has 0 aromatic carbocycles. The van der Waals surface area contributed by atoms with E-state index in [1.807, 2.05) is 0 Å². The molecular formula is C11H14. The van der Waals surface area contributed by atoms with Crippen LogP contribution >= 0.6 is 0 Å². The van der Waals surface area contributed by atoms with Crippen LogP contribution in [0.3, 0.4) is 0 Å². The minimum Gasteiger partial charge on any atom is -0.0774 e. The largest absolute Gasteiger partial charge is 0.0774 e. The van der Waals surface area contributed by atoms with Gasteiger partial charge in [-0.05, 0) is 30.1 Å². The quantitative estimate of drug-likeness (QED) is 0.492. The minimum absolute atomic E-state index is 0.653. The van der Waals surface area contributed by atoms with Crippen molar-refractivity contribution >= 4 is 0 Å². The lowest BCUT2D eigenvalue weighted by atomic mass is 9.77. The Balaban J connectivity index is 2.03. The highest BCUT2D eigenvalue weighted by atomic mass is 14.7. The highest BCUT2D eigenvalue weighted by Crippen LogP contribution is 2.73. The Bertz CT molecular complexity index is 223. The van der Waals surface area contributed by atoms with Crippen LogP contribution < -0.4 is 0 Å². The zero-order valence-electron chi connectivity index (χ0n) is 6.84. The maximum atomic E-state index is 2.46. The molecule has 0 bridgehead atoms. The molecule has 2 atom stereocenters. The Morgan fingerprint density at radius 1 is 0.818 bits per heavy atom. The summed E-state index contributed by atoms with van der Waals surface area (Å²) in [4.78, 5) is 0. The molecule has 3 aliphatic rings. The third-order valence-electron chi connectivity index (χ3n) is 3.93. The van der Waals surface area contributed by atoms with Gasteiger partial charge in [-0.15, -0.1) is 0 Å². The summed E-state index contributed by atoms with van der Waals surface area (Å²) >= 11 is 0. The Hall–Kier alpha value is -0.520. The van der Waals surface area contributed by atoms with E-state index in [9.17, 15) is 0 Å². The second kappa shape index (κ2) is 1.63. The summed E-state index contributed by atoms with van der Waals surface area (Å²) in [5.41, 5.74) is 1.31. The fourth-order valence-electron chi connectivity index (χ4n) is 3.17. The average Bonchev–Trinajstić information content (AvgIpc) is 2.72. The van der Waals surface area contributed by atoms with Crippen molar-refractivity contribution in [3.8, 4) is 0 Å². The molecule has 11 heavy (non-hydrogen) atoms. The summed E-state index contributed by atoms with van der Waals surface area (Å²) < 4.78 is 0. The van der Waals surface area contributed by atoms with Gasteiger partial charge in [0.05, 0.1) is 0 Å². The topological polar surface area (TPSA) is 0 Å². The van der Waals surface area contributed by atoms with Crippen molar-refractivity contribution < 1.29 is 0 Å². The molecule has 0 heteroatoms. The van der Waals surface area contributed by atoms with Crippen molar-refractivity contribution in [2.45, 2.75) is 32.1 Å². The van der Waals surface area contributed by atoms with Gasteiger partial charge in [-0.1, -0.05) is 37.1 Å². The fourth-order valence-corrected chi connectivity index (χ4v) is 3.17. The van der Waals surface area contributed by atoms with Gasteiger partial charge in [0, 0.05) is 0 Å². The van der Waals surface area contributed by atoms with E-state index < -0.39 is 0 Å². The number of allylic oxidation sites excluding steroid dienone is 4.